The molecule has 1 heterocycles. The van der Waals surface area contributed by atoms with Crippen LogP contribution in [0, 0.1) is 0 Å². The molecule has 0 spiro atoms. The van der Waals surface area contributed by atoms with E-state index in [9.17, 15) is 13.6 Å². The molecule has 0 unspecified atom stereocenters. The van der Waals surface area contributed by atoms with E-state index in [4.69, 9.17) is 5.11 Å². The summed E-state index contributed by atoms with van der Waals surface area (Å²) < 4.78 is 24.8. The molecule has 0 atom stereocenters. The van der Waals surface area contributed by atoms with Crippen LogP contribution in [0.3, 0.4) is 0 Å². The van der Waals surface area contributed by atoms with Crippen molar-refractivity contribution in [2.24, 2.45) is 0 Å². The Kier molecular flexibility index (Phi) is 2.58. The second-order valence-electron chi connectivity index (χ2n) is 2.69. The fourth-order valence-electron chi connectivity index (χ4n) is 0.761. The van der Waals surface area contributed by atoms with Gasteiger partial charge in [0.2, 0.25) is 0 Å². The van der Waals surface area contributed by atoms with Crippen molar-refractivity contribution < 1.29 is 18.7 Å². The molecule has 1 fully saturated rings. The van der Waals surface area contributed by atoms with Crippen molar-refractivity contribution in [2.75, 3.05) is 19.6 Å². The van der Waals surface area contributed by atoms with Crippen molar-refractivity contribution in [1.82, 2.24) is 10.4 Å². The number of rotatable bonds is 4. The normalized spacial score (nSPS) is 18.8. The fourth-order valence-corrected chi connectivity index (χ4v) is 0.761. The zero-order valence-electron chi connectivity index (χ0n) is 6.39. The summed E-state index contributed by atoms with van der Waals surface area (Å²) in [5.74, 6) is -5.76. The Balaban J connectivity index is 2.24. The number of hydrogen-bond acceptors (Lipinski definition) is 3. The van der Waals surface area contributed by atoms with E-state index in [2.05, 4.69) is 5.43 Å². The third-order valence-corrected chi connectivity index (χ3v) is 1.69. The summed E-state index contributed by atoms with van der Waals surface area (Å²) in [5, 5.41) is 9.60. The minimum Gasteiger partial charge on any atom is -0.477 e. The van der Waals surface area contributed by atoms with E-state index in [-0.39, 0.29) is 0 Å². The Morgan fingerprint density at radius 1 is 1.58 bits per heavy atom. The molecule has 0 amide bonds. The number of nitrogens with one attached hydrogen (secondary N) is 1. The summed E-state index contributed by atoms with van der Waals surface area (Å²) in [4.78, 5) is 9.93. The fraction of sp³-hybridized carbons (Fsp3) is 0.833. The first kappa shape index (κ1) is 9.34. The minimum absolute atomic E-state index is 0.704. The third-order valence-electron chi connectivity index (χ3n) is 1.69. The number of nitrogens with zero attached hydrogens (tertiary/aromatic N) is 1. The zero-order chi connectivity index (χ0) is 9.19. The van der Waals surface area contributed by atoms with Crippen LogP contribution >= 0.6 is 0 Å². The van der Waals surface area contributed by atoms with E-state index in [1.165, 1.54) is 0 Å². The van der Waals surface area contributed by atoms with Gasteiger partial charge in [-0.05, 0) is 6.42 Å². The van der Waals surface area contributed by atoms with Crippen molar-refractivity contribution in [3.63, 3.8) is 0 Å². The smallest absolute Gasteiger partial charge is 0.376 e. The number of carboxylic acids is 1. The second-order valence-corrected chi connectivity index (χ2v) is 2.69. The van der Waals surface area contributed by atoms with Crippen LogP contribution in [0.25, 0.3) is 0 Å². The SMILES string of the molecule is O=C(O)C(F)(F)CNN1CCC1. The topological polar surface area (TPSA) is 52.6 Å². The van der Waals surface area contributed by atoms with Crippen molar-refractivity contribution in [3.8, 4) is 0 Å². The van der Waals surface area contributed by atoms with Gasteiger partial charge in [0.1, 0.15) is 0 Å². The molecule has 12 heavy (non-hydrogen) atoms. The molecular formula is C6H10F2N2O2. The lowest BCUT2D eigenvalue weighted by Gasteiger charge is -2.31. The lowest BCUT2D eigenvalue weighted by Crippen LogP contribution is -2.52. The number of halogens is 2. The van der Waals surface area contributed by atoms with E-state index in [0.717, 1.165) is 6.42 Å². The molecule has 1 rings (SSSR count). The highest BCUT2D eigenvalue weighted by Crippen LogP contribution is 2.12. The monoisotopic (exact) mass is 180 g/mol. The highest BCUT2D eigenvalue weighted by molar-refractivity contribution is 5.75. The van der Waals surface area contributed by atoms with Crippen LogP contribution in [0.4, 0.5) is 8.78 Å². The molecule has 6 heteroatoms. The molecule has 0 aromatic heterocycles. The van der Waals surface area contributed by atoms with Crippen molar-refractivity contribution in [3.05, 3.63) is 0 Å². The van der Waals surface area contributed by atoms with E-state index in [1.54, 1.807) is 5.01 Å². The zero-order valence-corrected chi connectivity index (χ0v) is 6.39. The Hall–Kier alpha value is -0.750. The molecule has 0 bridgehead atoms. The van der Waals surface area contributed by atoms with Crippen LogP contribution in [0.1, 0.15) is 6.42 Å². The van der Waals surface area contributed by atoms with Gasteiger partial charge < -0.3 is 5.11 Å². The number of alkyl halides is 2. The largest absolute Gasteiger partial charge is 0.477 e. The molecule has 1 aliphatic heterocycles. The highest BCUT2D eigenvalue weighted by Gasteiger charge is 2.39. The molecule has 0 radical (unpaired) electrons. The van der Waals surface area contributed by atoms with E-state index < -0.39 is 18.4 Å². The third kappa shape index (κ3) is 2.12. The van der Waals surface area contributed by atoms with Crippen LogP contribution < -0.4 is 5.43 Å². The van der Waals surface area contributed by atoms with Crippen molar-refractivity contribution in [2.45, 2.75) is 12.3 Å². The van der Waals surface area contributed by atoms with Crippen LogP contribution in [0.15, 0.2) is 0 Å². The second kappa shape index (κ2) is 3.32. The average molecular weight is 180 g/mol. The maximum Gasteiger partial charge on any atom is 0.376 e. The van der Waals surface area contributed by atoms with E-state index >= 15 is 0 Å². The lowest BCUT2D eigenvalue weighted by molar-refractivity contribution is -0.165. The molecule has 0 saturated carbocycles. The molecule has 1 saturated heterocycles. The van der Waals surface area contributed by atoms with Gasteiger partial charge in [-0.2, -0.15) is 8.78 Å². The lowest BCUT2D eigenvalue weighted by atomic mass is 10.3. The van der Waals surface area contributed by atoms with Crippen LogP contribution in [-0.2, 0) is 4.79 Å². The summed E-state index contributed by atoms with van der Waals surface area (Å²) in [6.45, 7) is 0.577. The summed E-state index contributed by atoms with van der Waals surface area (Å²) in [7, 11) is 0. The Morgan fingerprint density at radius 2 is 2.17 bits per heavy atom. The number of hydrogen-bond donors (Lipinski definition) is 2. The van der Waals surface area contributed by atoms with Gasteiger partial charge in [-0.15, -0.1) is 0 Å². The maximum atomic E-state index is 12.4. The predicted octanol–water partition coefficient (Wildman–Crippen LogP) is -0.0834. The first-order valence-electron chi connectivity index (χ1n) is 3.62. The number of aliphatic carboxylic acids is 1. The Bertz CT molecular complexity index is 182. The Morgan fingerprint density at radius 3 is 2.50 bits per heavy atom. The summed E-state index contributed by atoms with van der Waals surface area (Å²) in [6.07, 6.45) is 0.964. The van der Waals surface area contributed by atoms with Gasteiger partial charge in [-0.3, -0.25) is 0 Å². The first-order chi connectivity index (χ1) is 5.52. The molecule has 70 valence electrons. The highest BCUT2D eigenvalue weighted by atomic mass is 19.3. The molecule has 0 aromatic carbocycles. The van der Waals surface area contributed by atoms with E-state index in [0.29, 0.717) is 13.1 Å². The number of hydrazine groups is 1. The molecule has 1 aliphatic rings. The van der Waals surface area contributed by atoms with Crippen molar-refractivity contribution in [1.29, 1.82) is 0 Å². The summed E-state index contributed by atoms with van der Waals surface area (Å²) >= 11 is 0. The maximum absolute atomic E-state index is 12.4. The minimum atomic E-state index is -3.67. The van der Waals surface area contributed by atoms with E-state index in [1.807, 2.05) is 0 Å². The summed E-state index contributed by atoms with van der Waals surface area (Å²) in [6, 6.07) is 0. The van der Waals surface area contributed by atoms with Crippen LogP contribution in [0.5, 0.6) is 0 Å². The molecule has 0 aromatic rings. The first-order valence-corrected chi connectivity index (χ1v) is 3.62. The van der Waals surface area contributed by atoms with Crippen molar-refractivity contribution >= 4 is 5.97 Å². The summed E-state index contributed by atoms with van der Waals surface area (Å²) in [5.41, 5.74) is 2.34. The van der Waals surface area contributed by atoms with Gasteiger partial charge >= 0.3 is 11.9 Å². The predicted molar refractivity (Wildman–Crippen MR) is 36.8 cm³/mol. The quantitative estimate of drug-likeness (QED) is 0.635. The molecule has 4 nitrogen and oxygen atoms in total. The van der Waals surface area contributed by atoms with Gasteiger partial charge in [0, 0.05) is 13.1 Å². The molecule has 0 aliphatic carbocycles. The average Bonchev–Trinajstić information content (AvgIpc) is 1.83. The standard InChI is InChI=1S/C6H10F2N2O2/c7-6(8,5(11)12)4-9-10-2-1-3-10/h9H,1-4H2,(H,11,12). The number of carboxylic acid groups (broad SMARTS) is 1. The molecular weight excluding hydrogens is 170 g/mol. The Labute approximate surface area is 68.1 Å². The van der Waals surface area contributed by atoms with Crippen LogP contribution in [-0.4, -0.2) is 41.6 Å². The van der Waals surface area contributed by atoms with Gasteiger partial charge in [0.25, 0.3) is 0 Å². The molecule has 2 N–H and O–H groups in total. The van der Waals surface area contributed by atoms with Gasteiger partial charge in [-0.1, -0.05) is 0 Å². The van der Waals surface area contributed by atoms with Gasteiger partial charge in [0.15, 0.2) is 0 Å². The van der Waals surface area contributed by atoms with Crippen LogP contribution in [0.2, 0.25) is 0 Å². The number of carbonyl (C=O) groups is 1. The van der Waals surface area contributed by atoms with Gasteiger partial charge in [0.05, 0.1) is 6.54 Å². The van der Waals surface area contributed by atoms with Gasteiger partial charge in [-0.25, -0.2) is 15.2 Å².